The van der Waals surface area contributed by atoms with Gasteiger partial charge in [0.25, 0.3) is 0 Å². The van der Waals surface area contributed by atoms with Gasteiger partial charge < -0.3 is 5.32 Å². The van der Waals surface area contributed by atoms with Gasteiger partial charge in [-0.25, -0.2) is 14.6 Å². The quantitative estimate of drug-likeness (QED) is 0.415. The van der Waals surface area contributed by atoms with Crippen molar-refractivity contribution in [1.82, 2.24) is 19.7 Å². The van der Waals surface area contributed by atoms with Gasteiger partial charge in [0.1, 0.15) is 6.33 Å². The number of hydrogen-bond acceptors (Lipinski definition) is 6. The van der Waals surface area contributed by atoms with Crippen LogP contribution in [0, 0.1) is 0 Å². The molecule has 0 fully saturated rings. The molecule has 28 heavy (non-hydrogen) atoms. The average Bonchev–Trinajstić information content (AvgIpc) is 3.15. The molecule has 0 bridgehead atoms. The minimum atomic E-state index is -0.105. The maximum absolute atomic E-state index is 11.1. The highest BCUT2D eigenvalue weighted by Gasteiger charge is 2.10. The lowest BCUT2D eigenvalue weighted by Gasteiger charge is -2.04. The Morgan fingerprint density at radius 3 is 2.61 bits per heavy atom. The lowest BCUT2D eigenvalue weighted by atomic mass is 10.2. The van der Waals surface area contributed by atoms with Crippen molar-refractivity contribution in [3.05, 3.63) is 72.7 Å². The number of nitrogens with one attached hydrogen (secondary N) is 2. The molecule has 0 aliphatic carbocycles. The number of aromatic nitrogens is 4. The second kappa shape index (κ2) is 7.67. The minimum absolute atomic E-state index is 0.105. The van der Waals surface area contributed by atoms with Crippen molar-refractivity contribution in [2.45, 2.75) is 6.92 Å². The van der Waals surface area contributed by atoms with Gasteiger partial charge in [-0.1, -0.05) is 30.3 Å². The molecule has 0 aliphatic rings. The van der Waals surface area contributed by atoms with Gasteiger partial charge in [0.2, 0.25) is 5.91 Å². The van der Waals surface area contributed by atoms with Crippen molar-refractivity contribution in [2.24, 2.45) is 5.10 Å². The van der Waals surface area contributed by atoms with Crippen molar-refractivity contribution in [3.8, 4) is 5.69 Å². The van der Waals surface area contributed by atoms with Crippen LogP contribution in [-0.4, -0.2) is 31.9 Å². The van der Waals surface area contributed by atoms with E-state index >= 15 is 0 Å². The van der Waals surface area contributed by atoms with Crippen LogP contribution in [0.1, 0.15) is 12.5 Å². The number of hydrazone groups is 1. The second-order valence-corrected chi connectivity index (χ2v) is 6.02. The number of para-hydroxylation sites is 1. The molecule has 2 N–H and O–H groups in total. The maximum atomic E-state index is 11.1. The van der Waals surface area contributed by atoms with Crippen LogP contribution in [0.5, 0.6) is 0 Å². The van der Waals surface area contributed by atoms with E-state index < -0.39 is 0 Å². The van der Waals surface area contributed by atoms with Crippen LogP contribution in [0.15, 0.2) is 72.2 Å². The number of benzene rings is 2. The molecule has 8 heteroatoms. The largest absolute Gasteiger partial charge is 0.326 e. The summed E-state index contributed by atoms with van der Waals surface area (Å²) < 4.78 is 1.76. The van der Waals surface area contributed by atoms with Gasteiger partial charge in [0.05, 0.1) is 23.5 Å². The predicted molar refractivity (Wildman–Crippen MR) is 109 cm³/mol. The Labute approximate surface area is 160 Å². The van der Waals surface area contributed by atoms with E-state index in [0.717, 1.165) is 22.3 Å². The summed E-state index contributed by atoms with van der Waals surface area (Å²) in [5, 5.41) is 12.2. The Morgan fingerprint density at radius 2 is 1.86 bits per heavy atom. The second-order valence-electron chi connectivity index (χ2n) is 6.02. The molecule has 0 aliphatic heterocycles. The summed E-state index contributed by atoms with van der Waals surface area (Å²) >= 11 is 0. The van der Waals surface area contributed by atoms with E-state index in [0.29, 0.717) is 11.5 Å². The Bertz CT molecular complexity index is 1130. The zero-order valence-corrected chi connectivity index (χ0v) is 15.1. The van der Waals surface area contributed by atoms with Crippen molar-refractivity contribution in [1.29, 1.82) is 0 Å². The van der Waals surface area contributed by atoms with Gasteiger partial charge in [0, 0.05) is 12.6 Å². The third-order valence-electron chi connectivity index (χ3n) is 3.98. The van der Waals surface area contributed by atoms with Gasteiger partial charge in [-0.05, 0) is 29.8 Å². The summed E-state index contributed by atoms with van der Waals surface area (Å²) in [4.78, 5) is 19.7. The van der Waals surface area contributed by atoms with Crippen molar-refractivity contribution < 1.29 is 4.79 Å². The monoisotopic (exact) mass is 371 g/mol. The number of fused-ring (bicyclic) bond motifs is 1. The van der Waals surface area contributed by atoms with Crippen LogP contribution in [-0.2, 0) is 4.79 Å². The summed E-state index contributed by atoms with van der Waals surface area (Å²) in [6.07, 6.45) is 4.86. The van der Waals surface area contributed by atoms with Crippen LogP contribution in [0.25, 0.3) is 16.7 Å². The summed E-state index contributed by atoms with van der Waals surface area (Å²) in [7, 11) is 0. The minimum Gasteiger partial charge on any atom is -0.326 e. The standard InChI is InChI=1S/C20H17N7O/c1-14(28)25-16-9-7-15(8-10-16)11-23-26-19-18-12-24-27(20(18)22-13-21-19)17-5-3-2-4-6-17/h2-13H,1H3,(H,25,28)(H,21,22,26)/b23-11+. The molecule has 0 saturated heterocycles. The summed E-state index contributed by atoms with van der Waals surface area (Å²) in [5.74, 6) is 0.463. The molecule has 0 spiro atoms. The number of carbonyl (C=O) groups is 1. The van der Waals surface area contributed by atoms with Crippen LogP contribution >= 0.6 is 0 Å². The van der Waals surface area contributed by atoms with Crippen molar-refractivity contribution >= 4 is 34.7 Å². The van der Waals surface area contributed by atoms with Gasteiger partial charge in [-0.3, -0.25) is 10.2 Å². The van der Waals surface area contributed by atoms with Crippen molar-refractivity contribution in [2.75, 3.05) is 10.7 Å². The molecule has 0 saturated carbocycles. The lowest BCUT2D eigenvalue weighted by Crippen LogP contribution is -2.05. The first-order valence-corrected chi connectivity index (χ1v) is 8.61. The molecule has 0 atom stereocenters. The smallest absolute Gasteiger partial charge is 0.221 e. The molecule has 2 heterocycles. The molecule has 8 nitrogen and oxygen atoms in total. The fraction of sp³-hybridized carbons (Fsp3) is 0.0500. The molecule has 4 aromatic rings. The topological polar surface area (TPSA) is 97.1 Å². The first kappa shape index (κ1) is 17.3. The number of anilines is 2. The van der Waals surface area contributed by atoms with E-state index in [4.69, 9.17) is 0 Å². The predicted octanol–water partition coefficient (Wildman–Crippen LogP) is 3.22. The number of hydrogen-bond donors (Lipinski definition) is 2. The van der Waals surface area contributed by atoms with Gasteiger partial charge in [0.15, 0.2) is 11.5 Å². The average molecular weight is 371 g/mol. The molecule has 1 amide bonds. The van der Waals surface area contributed by atoms with E-state index in [1.165, 1.54) is 13.3 Å². The van der Waals surface area contributed by atoms with Gasteiger partial charge in [-0.15, -0.1) is 0 Å². The number of carbonyl (C=O) groups excluding carboxylic acids is 1. The van der Waals surface area contributed by atoms with E-state index in [1.54, 1.807) is 17.1 Å². The highest BCUT2D eigenvalue weighted by atomic mass is 16.1. The Balaban J connectivity index is 1.53. The summed E-state index contributed by atoms with van der Waals surface area (Å²) in [6.45, 7) is 1.47. The third kappa shape index (κ3) is 3.70. The van der Waals surface area contributed by atoms with Crippen LogP contribution in [0.3, 0.4) is 0 Å². The summed E-state index contributed by atoms with van der Waals surface area (Å²) in [6, 6.07) is 17.1. The van der Waals surface area contributed by atoms with Crippen molar-refractivity contribution in [3.63, 3.8) is 0 Å². The molecule has 138 valence electrons. The maximum Gasteiger partial charge on any atom is 0.221 e. The van der Waals surface area contributed by atoms with Crippen LogP contribution in [0.2, 0.25) is 0 Å². The molecule has 0 radical (unpaired) electrons. The molecule has 4 rings (SSSR count). The third-order valence-corrected chi connectivity index (χ3v) is 3.98. The lowest BCUT2D eigenvalue weighted by molar-refractivity contribution is -0.114. The zero-order chi connectivity index (χ0) is 19.3. The SMILES string of the molecule is CC(=O)Nc1ccc(/C=N/Nc2ncnc3c2cnn3-c2ccccc2)cc1. The van der Waals surface area contributed by atoms with Crippen LogP contribution < -0.4 is 10.7 Å². The van der Waals surface area contributed by atoms with E-state index in [1.807, 2.05) is 54.6 Å². The van der Waals surface area contributed by atoms with Gasteiger partial charge >= 0.3 is 0 Å². The number of rotatable bonds is 5. The Kier molecular flexibility index (Phi) is 4.75. The number of nitrogens with zero attached hydrogens (tertiary/aromatic N) is 5. The molecular formula is C20H17N7O. The van der Waals surface area contributed by atoms with E-state index in [-0.39, 0.29) is 5.91 Å². The molecular weight excluding hydrogens is 354 g/mol. The zero-order valence-electron chi connectivity index (χ0n) is 15.1. The highest BCUT2D eigenvalue weighted by molar-refractivity contribution is 5.90. The first-order chi connectivity index (χ1) is 13.7. The Morgan fingerprint density at radius 1 is 1.07 bits per heavy atom. The molecule has 0 unspecified atom stereocenters. The fourth-order valence-corrected chi connectivity index (χ4v) is 2.72. The molecule has 2 aromatic carbocycles. The first-order valence-electron chi connectivity index (χ1n) is 8.61. The highest BCUT2D eigenvalue weighted by Crippen LogP contribution is 2.21. The van der Waals surface area contributed by atoms with E-state index in [2.05, 4.69) is 30.9 Å². The van der Waals surface area contributed by atoms with Crippen LogP contribution in [0.4, 0.5) is 11.5 Å². The summed E-state index contributed by atoms with van der Waals surface area (Å²) in [5.41, 5.74) is 6.18. The fourth-order valence-electron chi connectivity index (χ4n) is 2.72. The van der Waals surface area contributed by atoms with E-state index in [9.17, 15) is 4.79 Å². The Hall–Kier alpha value is -4.07. The molecule has 2 aromatic heterocycles. The van der Waals surface area contributed by atoms with Gasteiger partial charge in [-0.2, -0.15) is 10.2 Å². The normalized spacial score (nSPS) is 11.0. The number of amides is 1.